The Hall–Kier alpha value is -0.650. The third-order valence-electron chi connectivity index (χ3n) is 3.54. The molecule has 1 amide bonds. The number of hydrogen-bond acceptors (Lipinski definition) is 4. The van der Waals surface area contributed by atoms with Crippen LogP contribution in [0.15, 0.2) is 0 Å². The molecule has 1 aliphatic heterocycles. The summed E-state index contributed by atoms with van der Waals surface area (Å²) in [5.41, 5.74) is 5.45. The minimum atomic E-state index is -0.0487. The van der Waals surface area contributed by atoms with Crippen LogP contribution in [0.3, 0.4) is 0 Å². The molecule has 0 bridgehead atoms. The number of nitrogens with one attached hydrogen (secondary N) is 1. The average Bonchev–Trinajstić information content (AvgIpc) is 2.38. The second kappa shape index (κ2) is 8.51. The number of carbonyl (C=O) groups excluding carboxylic acids is 1. The van der Waals surface area contributed by atoms with Gasteiger partial charge in [-0.25, -0.2) is 0 Å². The standard InChI is InChI=1S/C14H29N3O2/c1-11(2)16-14(18)12(3)17-8-5-13(6-9-17)19-10-4-7-15/h11-13H,4-10,15H2,1-3H3,(H,16,18). The third kappa shape index (κ3) is 5.89. The van der Waals surface area contributed by atoms with Crippen LogP contribution in [0.2, 0.25) is 0 Å². The van der Waals surface area contributed by atoms with Gasteiger partial charge in [-0.15, -0.1) is 0 Å². The molecule has 1 unspecified atom stereocenters. The minimum absolute atomic E-state index is 0.0487. The van der Waals surface area contributed by atoms with Crippen molar-refractivity contribution in [3.8, 4) is 0 Å². The van der Waals surface area contributed by atoms with Gasteiger partial charge < -0.3 is 15.8 Å². The zero-order chi connectivity index (χ0) is 14.3. The quantitative estimate of drug-likeness (QED) is 0.670. The zero-order valence-corrected chi connectivity index (χ0v) is 12.5. The maximum Gasteiger partial charge on any atom is 0.237 e. The number of piperidine rings is 1. The number of nitrogens with zero attached hydrogens (tertiary/aromatic N) is 1. The molecule has 1 aliphatic rings. The first kappa shape index (κ1) is 16.4. The lowest BCUT2D eigenvalue weighted by molar-refractivity contribution is -0.127. The van der Waals surface area contributed by atoms with Crippen LogP contribution >= 0.6 is 0 Å². The van der Waals surface area contributed by atoms with Gasteiger partial charge in [-0.2, -0.15) is 0 Å². The molecule has 19 heavy (non-hydrogen) atoms. The molecular weight excluding hydrogens is 242 g/mol. The average molecular weight is 271 g/mol. The zero-order valence-electron chi connectivity index (χ0n) is 12.5. The van der Waals surface area contributed by atoms with Crippen molar-refractivity contribution in [2.75, 3.05) is 26.2 Å². The highest BCUT2D eigenvalue weighted by atomic mass is 16.5. The second-order valence-corrected chi connectivity index (χ2v) is 5.59. The Morgan fingerprint density at radius 3 is 2.53 bits per heavy atom. The molecule has 1 rings (SSSR count). The minimum Gasteiger partial charge on any atom is -0.378 e. The molecule has 5 heteroatoms. The van der Waals surface area contributed by atoms with E-state index in [4.69, 9.17) is 10.5 Å². The molecule has 1 fully saturated rings. The van der Waals surface area contributed by atoms with Crippen LogP contribution in [0.4, 0.5) is 0 Å². The Labute approximate surface area is 116 Å². The largest absolute Gasteiger partial charge is 0.378 e. The molecule has 0 spiro atoms. The van der Waals surface area contributed by atoms with E-state index >= 15 is 0 Å². The highest BCUT2D eigenvalue weighted by molar-refractivity contribution is 5.81. The molecule has 1 saturated heterocycles. The maximum atomic E-state index is 11.9. The maximum absolute atomic E-state index is 11.9. The molecule has 5 nitrogen and oxygen atoms in total. The fourth-order valence-corrected chi connectivity index (χ4v) is 2.33. The van der Waals surface area contributed by atoms with Crippen LogP contribution in [0, 0.1) is 0 Å². The molecule has 0 aromatic rings. The van der Waals surface area contributed by atoms with Crippen molar-refractivity contribution >= 4 is 5.91 Å². The summed E-state index contributed by atoms with van der Waals surface area (Å²) < 4.78 is 5.77. The Balaban J connectivity index is 2.26. The predicted molar refractivity (Wildman–Crippen MR) is 77.0 cm³/mol. The van der Waals surface area contributed by atoms with E-state index in [-0.39, 0.29) is 18.0 Å². The first-order valence-electron chi connectivity index (χ1n) is 7.40. The van der Waals surface area contributed by atoms with Gasteiger partial charge in [0.2, 0.25) is 5.91 Å². The molecule has 0 saturated carbocycles. The van der Waals surface area contributed by atoms with E-state index in [9.17, 15) is 4.79 Å². The van der Waals surface area contributed by atoms with Gasteiger partial charge in [-0.1, -0.05) is 0 Å². The fourth-order valence-electron chi connectivity index (χ4n) is 2.33. The molecule has 112 valence electrons. The number of likely N-dealkylation sites (tertiary alicyclic amines) is 1. The summed E-state index contributed by atoms with van der Waals surface area (Å²) in [5, 5.41) is 2.97. The summed E-state index contributed by atoms with van der Waals surface area (Å²) in [7, 11) is 0. The molecule has 3 N–H and O–H groups in total. The fraction of sp³-hybridized carbons (Fsp3) is 0.929. The lowest BCUT2D eigenvalue weighted by Crippen LogP contribution is -2.50. The van der Waals surface area contributed by atoms with Crippen molar-refractivity contribution in [3.05, 3.63) is 0 Å². The molecule has 1 atom stereocenters. The van der Waals surface area contributed by atoms with Crippen molar-refractivity contribution in [1.82, 2.24) is 10.2 Å². The predicted octanol–water partition coefficient (Wildman–Crippen LogP) is 0.729. The van der Waals surface area contributed by atoms with E-state index in [1.165, 1.54) is 0 Å². The van der Waals surface area contributed by atoms with Gasteiger partial charge in [0.15, 0.2) is 0 Å². The summed E-state index contributed by atoms with van der Waals surface area (Å²) in [6, 6.07) is 0.152. The van der Waals surface area contributed by atoms with E-state index in [2.05, 4.69) is 10.2 Å². The number of carbonyl (C=O) groups is 1. The number of amides is 1. The van der Waals surface area contributed by atoms with Gasteiger partial charge >= 0.3 is 0 Å². The molecule has 0 aromatic carbocycles. The highest BCUT2D eigenvalue weighted by Gasteiger charge is 2.26. The van der Waals surface area contributed by atoms with E-state index in [1.807, 2.05) is 20.8 Å². The van der Waals surface area contributed by atoms with Gasteiger partial charge in [-0.05, 0) is 46.6 Å². The van der Waals surface area contributed by atoms with Crippen LogP contribution in [0.5, 0.6) is 0 Å². The molecular formula is C14H29N3O2. The first-order valence-corrected chi connectivity index (χ1v) is 7.40. The van der Waals surface area contributed by atoms with Gasteiger partial charge in [0, 0.05) is 25.7 Å². The Kier molecular flexibility index (Phi) is 7.34. The topological polar surface area (TPSA) is 67.6 Å². The Morgan fingerprint density at radius 1 is 1.37 bits per heavy atom. The van der Waals surface area contributed by atoms with Gasteiger partial charge in [0.05, 0.1) is 12.1 Å². The Bertz CT molecular complexity index is 263. The summed E-state index contributed by atoms with van der Waals surface area (Å²) in [5.74, 6) is 0.123. The normalized spacial score (nSPS) is 19.6. The van der Waals surface area contributed by atoms with Crippen LogP contribution in [-0.4, -0.2) is 55.2 Å². The molecule has 0 aromatic heterocycles. The number of hydrogen-bond donors (Lipinski definition) is 2. The van der Waals surface area contributed by atoms with Gasteiger partial charge in [-0.3, -0.25) is 9.69 Å². The van der Waals surface area contributed by atoms with Crippen LogP contribution in [0.25, 0.3) is 0 Å². The molecule has 0 aliphatic carbocycles. The van der Waals surface area contributed by atoms with Crippen molar-refractivity contribution in [1.29, 1.82) is 0 Å². The van der Waals surface area contributed by atoms with Crippen LogP contribution in [0.1, 0.15) is 40.0 Å². The smallest absolute Gasteiger partial charge is 0.237 e. The van der Waals surface area contributed by atoms with E-state index in [0.29, 0.717) is 12.6 Å². The van der Waals surface area contributed by atoms with Crippen LogP contribution in [-0.2, 0) is 9.53 Å². The lowest BCUT2D eigenvalue weighted by Gasteiger charge is -2.35. The van der Waals surface area contributed by atoms with Crippen molar-refractivity contribution in [2.45, 2.75) is 58.2 Å². The molecule has 1 heterocycles. The van der Waals surface area contributed by atoms with Crippen LogP contribution < -0.4 is 11.1 Å². The third-order valence-corrected chi connectivity index (χ3v) is 3.54. The monoisotopic (exact) mass is 271 g/mol. The number of nitrogens with two attached hydrogens (primary N) is 1. The summed E-state index contributed by atoms with van der Waals surface area (Å²) in [4.78, 5) is 14.2. The number of ether oxygens (including phenoxy) is 1. The van der Waals surface area contributed by atoms with E-state index in [1.54, 1.807) is 0 Å². The van der Waals surface area contributed by atoms with Crippen molar-refractivity contribution in [3.63, 3.8) is 0 Å². The summed E-state index contributed by atoms with van der Waals surface area (Å²) in [6.07, 6.45) is 3.27. The lowest BCUT2D eigenvalue weighted by atomic mass is 10.1. The van der Waals surface area contributed by atoms with E-state index in [0.717, 1.165) is 39.0 Å². The van der Waals surface area contributed by atoms with E-state index < -0.39 is 0 Å². The van der Waals surface area contributed by atoms with Crippen molar-refractivity contribution in [2.24, 2.45) is 5.73 Å². The van der Waals surface area contributed by atoms with Crippen molar-refractivity contribution < 1.29 is 9.53 Å². The van der Waals surface area contributed by atoms with Gasteiger partial charge in [0.1, 0.15) is 0 Å². The second-order valence-electron chi connectivity index (χ2n) is 5.59. The van der Waals surface area contributed by atoms with Gasteiger partial charge in [0.25, 0.3) is 0 Å². The highest BCUT2D eigenvalue weighted by Crippen LogP contribution is 2.16. The molecule has 0 radical (unpaired) electrons. The summed E-state index contributed by atoms with van der Waals surface area (Å²) in [6.45, 7) is 9.26. The summed E-state index contributed by atoms with van der Waals surface area (Å²) >= 11 is 0. The SMILES string of the molecule is CC(C)NC(=O)C(C)N1CCC(OCCCN)CC1. The first-order chi connectivity index (χ1) is 9.04. The number of rotatable bonds is 7. The Morgan fingerprint density at radius 2 is 2.00 bits per heavy atom.